The Morgan fingerprint density at radius 1 is 1.07 bits per heavy atom. The Kier molecular flexibility index (Phi) is 4.82. The van der Waals surface area contributed by atoms with Crippen molar-refractivity contribution in [2.24, 2.45) is 4.99 Å². The van der Waals surface area contributed by atoms with Crippen LogP contribution in [0.5, 0.6) is 11.5 Å². The van der Waals surface area contributed by atoms with Gasteiger partial charge in [0.05, 0.1) is 22.0 Å². The number of thiophene rings is 1. The van der Waals surface area contributed by atoms with Crippen molar-refractivity contribution in [2.75, 3.05) is 6.79 Å². The molecule has 150 valence electrons. The summed E-state index contributed by atoms with van der Waals surface area (Å²) in [4.78, 5) is 17.4. The van der Waals surface area contributed by atoms with Crippen LogP contribution in [0.3, 0.4) is 0 Å². The van der Waals surface area contributed by atoms with E-state index in [1.54, 1.807) is 29.5 Å². The minimum atomic E-state index is -0.408. The summed E-state index contributed by atoms with van der Waals surface area (Å²) in [7, 11) is 0. The second kappa shape index (κ2) is 7.77. The molecule has 0 saturated carbocycles. The zero-order valence-electron chi connectivity index (χ0n) is 15.6. The second-order valence-corrected chi connectivity index (χ2v) is 8.30. The Balaban J connectivity index is 1.63. The zero-order valence-corrected chi connectivity index (χ0v) is 17.2. The lowest BCUT2D eigenvalue weighted by Gasteiger charge is -2.09. The van der Waals surface area contributed by atoms with E-state index in [9.17, 15) is 10.1 Å². The number of thiazole rings is 1. The van der Waals surface area contributed by atoms with Crippen molar-refractivity contribution in [2.45, 2.75) is 6.54 Å². The maximum atomic E-state index is 11.4. The minimum absolute atomic E-state index is 0.0156. The minimum Gasteiger partial charge on any atom is -0.454 e. The molecule has 4 aromatic rings. The maximum absolute atomic E-state index is 11.4. The Hall–Kier alpha value is -3.43. The molecule has 0 radical (unpaired) electrons. The predicted octanol–water partition coefficient (Wildman–Crippen LogP) is 5.20. The lowest BCUT2D eigenvalue weighted by atomic mass is 10.2. The fourth-order valence-electron chi connectivity index (χ4n) is 3.23. The molecule has 0 amide bonds. The number of aromatic nitrogens is 1. The first-order valence-electron chi connectivity index (χ1n) is 9.08. The maximum Gasteiger partial charge on any atom is 0.294 e. The van der Waals surface area contributed by atoms with Crippen LogP contribution in [0.25, 0.3) is 10.6 Å². The smallest absolute Gasteiger partial charge is 0.294 e. The highest BCUT2D eigenvalue weighted by atomic mass is 32.1. The molecule has 5 rings (SSSR count). The van der Waals surface area contributed by atoms with E-state index in [1.807, 2.05) is 35.0 Å². The van der Waals surface area contributed by atoms with Crippen molar-refractivity contribution in [1.29, 1.82) is 0 Å². The lowest BCUT2D eigenvalue weighted by molar-refractivity contribution is -0.384. The molecule has 9 heteroatoms. The summed E-state index contributed by atoms with van der Waals surface area (Å²) in [6.45, 7) is 0.774. The van der Waals surface area contributed by atoms with Crippen LogP contribution in [-0.2, 0) is 6.54 Å². The van der Waals surface area contributed by atoms with Crippen LogP contribution in [-0.4, -0.2) is 16.3 Å². The van der Waals surface area contributed by atoms with Crippen LogP contribution < -0.4 is 14.3 Å². The highest BCUT2D eigenvalue weighted by molar-refractivity contribution is 7.14. The molecule has 0 aliphatic carbocycles. The standard InChI is InChI=1S/C21H15N3O4S2/c25-24(26)16-5-2-1-4-15(16)22-21-23(17(12-30-21)20-6-3-9-29-20)11-14-7-8-18-19(10-14)28-13-27-18/h1-10,12H,11,13H2. The van der Waals surface area contributed by atoms with E-state index in [-0.39, 0.29) is 12.5 Å². The van der Waals surface area contributed by atoms with Crippen LogP contribution in [0.2, 0.25) is 0 Å². The van der Waals surface area contributed by atoms with Gasteiger partial charge in [0.25, 0.3) is 5.69 Å². The predicted molar refractivity (Wildman–Crippen MR) is 116 cm³/mol. The van der Waals surface area contributed by atoms with Gasteiger partial charge in [0.15, 0.2) is 16.3 Å². The van der Waals surface area contributed by atoms with Gasteiger partial charge in [0.1, 0.15) is 5.69 Å². The highest BCUT2D eigenvalue weighted by Crippen LogP contribution is 2.33. The molecule has 2 aromatic carbocycles. The van der Waals surface area contributed by atoms with E-state index in [1.165, 1.54) is 17.4 Å². The van der Waals surface area contributed by atoms with E-state index < -0.39 is 4.92 Å². The summed E-state index contributed by atoms with van der Waals surface area (Å²) < 4.78 is 13.0. The van der Waals surface area contributed by atoms with Gasteiger partial charge in [-0.1, -0.05) is 24.3 Å². The molecule has 0 saturated heterocycles. The molecule has 0 N–H and O–H groups in total. The number of rotatable bonds is 5. The monoisotopic (exact) mass is 437 g/mol. The molecule has 0 spiro atoms. The molecule has 1 aliphatic heterocycles. The molecule has 7 nitrogen and oxygen atoms in total. The Morgan fingerprint density at radius 3 is 2.77 bits per heavy atom. The number of nitrogens with zero attached hydrogens (tertiary/aromatic N) is 3. The quantitative estimate of drug-likeness (QED) is 0.318. The zero-order chi connectivity index (χ0) is 20.5. The summed E-state index contributed by atoms with van der Waals surface area (Å²) in [5, 5.41) is 15.5. The molecule has 0 atom stereocenters. The van der Waals surface area contributed by atoms with Gasteiger partial charge in [0, 0.05) is 11.4 Å². The van der Waals surface area contributed by atoms with Gasteiger partial charge in [-0.15, -0.1) is 22.7 Å². The number of ether oxygens (including phenoxy) is 2. The number of para-hydroxylation sites is 2. The van der Waals surface area contributed by atoms with Crippen molar-refractivity contribution in [3.05, 3.63) is 85.8 Å². The molecule has 3 heterocycles. The number of benzene rings is 2. The van der Waals surface area contributed by atoms with Crippen molar-refractivity contribution in [3.63, 3.8) is 0 Å². The fraction of sp³-hybridized carbons (Fsp3) is 0.0952. The largest absolute Gasteiger partial charge is 0.454 e. The number of hydrogen-bond acceptors (Lipinski definition) is 7. The van der Waals surface area contributed by atoms with Crippen molar-refractivity contribution >= 4 is 34.0 Å². The molecule has 0 bridgehead atoms. The Labute approximate surface area is 179 Å². The fourth-order valence-corrected chi connectivity index (χ4v) is 4.97. The topological polar surface area (TPSA) is 78.9 Å². The highest BCUT2D eigenvalue weighted by Gasteiger charge is 2.16. The first-order valence-corrected chi connectivity index (χ1v) is 10.8. The summed E-state index contributed by atoms with van der Waals surface area (Å²) in [5.74, 6) is 1.45. The van der Waals surface area contributed by atoms with Gasteiger partial charge < -0.3 is 14.0 Å². The Morgan fingerprint density at radius 2 is 1.93 bits per heavy atom. The van der Waals surface area contributed by atoms with Crippen LogP contribution in [0, 0.1) is 10.1 Å². The normalized spacial score (nSPS) is 13.0. The van der Waals surface area contributed by atoms with Gasteiger partial charge in [-0.25, -0.2) is 4.99 Å². The molecule has 30 heavy (non-hydrogen) atoms. The number of nitro groups is 1. The van der Waals surface area contributed by atoms with Crippen molar-refractivity contribution < 1.29 is 14.4 Å². The first kappa shape index (κ1) is 18.6. The van der Waals surface area contributed by atoms with E-state index in [2.05, 4.69) is 15.6 Å². The molecule has 1 aliphatic rings. The number of hydrogen-bond donors (Lipinski definition) is 0. The van der Waals surface area contributed by atoms with E-state index in [0.717, 1.165) is 27.6 Å². The van der Waals surface area contributed by atoms with Crippen molar-refractivity contribution in [3.8, 4) is 22.1 Å². The summed E-state index contributed by atoms with van der Waals surface area (Å²) >= 11 is 3.10. The molecule has 0 unspecified atom stereocenters. The van der Waals surface area contributed by atoms with E-state index >= 15 is 0 Å². The van der Waals surface area contributed by atoms with Gasteiger partial charge in [0.2, 0.25) is 6.79 Å². The van der Waals surface area contributed by atoms with Gasteiger partial charge in [-0.05, 0) is 35.2 Å². The second-order valence-electron chi connectivity index (χ2n) is 6.51. The van der Waals surface area contributed by atoms with Gasteiger partial charge >= 0.3 is 0 Å². The third-order valence-corrected chi connectivity index (χ3v) is 6.40. The van der Waals surface area contributed by atoms with Crippen LogP contribution in [0.1, 0.15) is 5.56 Å². The van der Waals surface area contributed by atoms with Crippen LogP contribution in [0.15, 0.2) is 70.3 Å². The third-order valence-electron chi connectivity index (χ3n) is 4.64. The van der Waals surface area contributed by atoms with Gasteiger partial charge in [-0.2, -0.15) is 0 Å². The first-order chi connectivity index (χ1) is 14.7. The van der Waals surface area contributed by atoms with Crippen molar-refractivity contribution in [1.82, 2.24) is 4.57 Å². The third kappa shape index (κ3) is 3.49. The van der Waals surface area contributed by atoms with E-state index in [0.29, 0.717) is 17.0 Å². The lowest BCUT2D eigenvalue weighted by Crippen LogP contribution is -2.16. The molecular weight excluding hydrogens is 422 g/mol. The van der Waals surface area contributed by atoms with E-state index in [4.69, 9.17) is 9.47 Å². The molecule has 2 aromatic heterocycles. The molecule has 0 fully saturated rings. The number of nitro benzene ring substituents is 1. The van der Waals surface area contributed by atoms with Crippen LogP contribution in [0.4, 0.5) is 11.4 Å². The summed E-state index contributed by atoms with van der Waals surface area (Å²) in [6.07, 6.45) is 0. The average molecular weight is 438 g/mol. The average Bonchev–Trinajstić information content (AvgIpc) is 3.49. The SMILES string of the molecule is O=[N+]([O-])c1ccccc1N=c1scc(-c2cccs2)n1Cc1ccc2c(c1)OCO2. The van der Waals surface area contributed by atoms with Crippen LogP contribution >= 0.6 is 22.7 Å². The molecular formula is C21H15N3O4S2. The van der Waals surface area contributed by atoms with Gasteiger partial charge in [-0.3, -0.25) is 10.1 Å². The summed E-state index contributed by atoms with van der Waals surface area (Å²) in [5.41, 5.74) is 2.36. The Bertz CT molecular complexity index is 1290. The summed E-state index contributed by atoms with van der Waals surface area (Å²) in [6, 6.07) is 16.4. The number of fused-ring (bicyclic) bond motifs is 1.